The lowest BCUT2D eigenvalue weighted by molar-refractivity contribution is -0.137. The molecule has 0 bridgehead atoms. The molecule has 0 spiro atoms. The maximum Gasteiger partial charge on any atom is 0.416 e. The summed E-state index contributed by atoms with van der Waals surface area (Å²) < 4.78 is 40.2. The van der Waals surface area contributed by atoms with Gasteiger partial charge in [-0.3, -0.25) is 4.68 Å². The van der Waals surface area contributed by atoms with Crippen LogP contribution in [0.2, 0.25) is 0 Å². The Labute approximate surface area is 121 Å². The molecule has 2 aromatic rings. The minimum atomic E-state index is -4.32. The first-order valence-corrected chi connectivity index (χ1v) is 6.88. The lowest BCUT2D eigenvalue weighted by atomic mass is 10.0. The van der Waals surface area contributed by atoms with E-state index in [1.807, 2.05) is 6.92 Å². The molecular weight excluding hydrogens is 279 g/mol. The van der Waals surface area contributed by atoms with Crippen LogP contribution in [0.15, 0.2) is 42.7 Å². The zero-order valence-electron chi connectivity index (χ0n) is 11.8. The van der Waals surface area contributed by atoms with Crippen LogP contribution in [0.3, 0.4) is 0 Å². The van der Waals surface area contributed by atoms with Crippen molar-refractivity contribution in [3.63, 3.8) is 0 Å². The van der Waals surface area contributed by atoms with E-state index in [1.165, 1.54) is 12.1 Å². The molecule has 0 amide bonds. The summed E-state index contributed by atoms with van der Waals surface area (Å²) >= 11 is 0. The fourth-order valence-corrected chi connectivity index (χ4v) is 2.13. The minimum Gasteiger partial charge on any atom is -0.308 e. The molecule has 114 valence electrons. The smallest absolute Gasteiger partial charge is 0.308 e. The maximum absolute atomic E-state index is 12.8. The molecule has 1 aromatic carbocycles. The Hall–Kier alpha value is -1.82. The molecule has 1 unspecified atom stereocenters. The van der Waals surface area contributed by atoms with Crippen molar-refractivity contribution in [2.75, 3.05) is 6.54 Å². The standard InChI is InChI=1S/C15H18F3N3/c1-2-7-19-14(11-21-9-4-8-20-21)12-5-3-6-13(10-12)15(16,17)18/h3-6,8-10,14,19H,2,7,11H2,1H3. The molecule has 0 saturated heterocycles. The SMILES string of the molecule is CCCNC(Cn1cccn1)c1cccc(C(F)(F)F)c1. The number of alkyl halides is 3. The van der Waals surface area contributed by atoms with Crippen molar-refractivity contribution in [2.45, 2.75) is 32.1 Å². The second-order valence-corrected chi connectivity index (χ2v) is 4.86. The third-order valence-corrected chi connectivity index (χ3v) is 3.19. The van der Waals surface area contributed by atoms with Gasteiger partial charge in [0, 0.05) is 12.4 Å². The van der Waals surface area contributed by atoms with Gasteiger partial charge in [-0.2, -0.15) is 18.3 Å². The molecule has 0 fully saturated rings. The number of aromatic nitrogens is 2. The van der Waals surface area contributed by atoms with Crippen LogP contribution >= 0.6 is 0 Å². The third-order valence-electron chi connectivity index (χ3n) is 3.19. The summed E-state index contributed by atoms with van der Waals surface area (Å²) in [7, 11) is 0. The summed E-state index contributed by atoms with van der Waals surface area (Å²) in [5, 5.41) is 7.39. The van der Waals surface area contributed by atoms with E-state index >= 15 is 0 Å². The summed E-state index contributed by atoms with van der Waals surface area (Å²) in [6.45, 7) is 3.25. The van der Waals surface area contributed by atoms with Crippen LogP contribution in [0.4, 0.5) is 13.2 Å². The van der Waals surface area contributed by atoms with Gasteiger partial charge in [-0.15, -0.1) is 0 Å². The van der Waals surface area contributed by atoms with Crippen LogP contribution in [-0.2, 0) is 12.7 Å². The summed E-state index contributed by atoms with van der Waals surface area (Å²) in [5.74, 6) is 0. The molecular formula is C15H18F3N3. The summed E-state index contributed by atoms with van der Waals surface area (Å²) in [6, 6.07) is 7.05. The Morgan fingerprint density at radius 3 is 2.71 bits per heavy atom. The summed E-state index contributed by atoms with van der Waals surface area (Å²) in [4.78, 5) is 0. The van der Waals surface area contributed by atoms with Gasteiger partial charge in [0.2, 0.25) is 0 Å². The van der Waals surface area contributed by atoms with Crippen LogP contribution in [-0.4, -0.2) is 16.3 Å². The van der Waals surface area contributed by atoms with Gasteiger partial charge in [-0.1, -0.05) is 19.1 Å². The average molecular weight is 297 g/mol. The number of rotatable bonds is 6. The normalized spacial score (nSPS) is 13.3. The highest BCUT2D eigenvalue weighted by Gasteiger charge is 2.31. The molecule has 1 aromatic heterocycles. The van der Waals surface area contributed by atoms with E-state index in [9.17, 15) is 13.2 Å². The predicted octanol–water partition coefficient (Wildman–Crippen LogP) is 3.64. The van der Waals surface area contributed by atoms with Gasteiger partial charge in [-0.05, 0) is 36.7 Å². The van der Waals surface area contributed by atoms with Crippen LogP contribution in [0.5, 0.6) is 0 Å². The van der Waals surface area contributed by atoms with E-state index in [0.717, 1.165) is 19.0 Å². The monoisotopic (exact) mass is 297 g/mol. The van der Waals surface area contributed by atoms with Crippen molar-refractivity contribution in [3.05, 3.63) is 53.9 Å². The highest BCUT2D eigenvalue weighted by Crippen LogP contribution is 2.31. The van der Waals surface area contributed by atoms with Crippen molar-refractivity contribution in [2.24, 2.45) is 0 Å². The molecule has 0 radical (unpaired) electrons. The highest BCUT2D eigenvalue weighted by molar-refractivity contribution is 5.28. The molecule has 0 aliphatic rings. The summed E-state index contributed by atoms with van der Waals surface area (Å²) in [5.41, 5.74) is -0.00228. The maximum atomic E-state index is 12.8. The molecule has 2 rings (SSSR count). The number of nitrogens with one attached hydrogen (secondary N) is 1. The van der Waals surface area contributed by atoms with Gasteiger partial charge in [-0.25, -0.2) is 0 Å². The number of benzene rings is 1. The van der Waals surface area contributed by atoms with Crippen molar-refractivity contribution in [3.8, 4) is 0 Å². The van der Waals surface area contributed by atoms with Crippen molar-refractivity contribution >= 4 is 0 Å². The van der Waals surface area contributed by atoms with Gasteiger partial charge >= 0.3 is 6.18 Å². The van der Waals surface area contributed by atoms with Crippen molar-refractivity contribution < 1.29 is 13.2 Å². The fraction of sp³-hybridized carbons (Fsp3) is 0.400. The van der Waals surface area contributed by atoms with Crippen molar-refractivity contribution in [1.82, 2.24) is 15.1 Å². The quantitative estimate of drug-likeness (QED) is 0.882. The summed E-state index contributed by atoms with van der Waals surface area (Å²) in [6.07, 6.45) is 0.0445. The van der Waals surface area contributed by atoms with E-state index in [0.29, 0.717) is 12.1 Å². The molecule has 1 atom stereocenters. The Kier molecular flexibility index (Phi) is 5.01. The van der Waals surface area contributed by atoms with Crippen LogP contribution in [0.25, 0.3) is 0 Å². The largest absolute Gasteiger partial charge is 0.416 e. The van der Waals surface area contributed by atoms with Crippen LogP contribution in [0, 0.1) is 0 Å². The lowest BCUT2D eigenvalue weighted by Crippen LogP contribution is -2.27. The first-order valence-electron chi connectivity index (χ1n) is 6.88. The first kappa shape index (κ1) is 15.6. The number of halogens is 3. The molecule has 0 aliphatic carbocycles. The topological polar surface area (TPSA) is 29.9 Å². The molecule has 1 heterocycles. The fourth-order valence-electron chi connectivity index (χ4n) is 2.13. The number of hydrogen-bond acceptors (Lipinski definition) is 2. The zero-order valence-corrected chi connectivity index (χ0v) is 11.8. The molecule has 1 N–H and O–H groups in total. The van der Waals surface area contributed by atoms with Gasteiger partial charge in [0.1, 0.15) is 0 Å². The van der Waals surface area contributed by atoms with Crippen molar-refractivity contribution in [1.29, 1.82) is 0 Å². The Morgan fingerprint density at radius 1 is 1.29 bits per heavy atom. The Morgan fingerprint density at radius 2 is 2.10 bits per heavy atom. The van der Waals surface area contributed by atoms with Gasteiger partial charge in [0.05, 0.1) is 18.2 Å². The number of nitrogens with zero attached hydrogens (tertiary/aromatic N) is 2. The van der Waals surface area contributed by atoms with E-state index < -0.39 is 11.7 Å². The molecule has 6 heteroatoms. The first-order chi connectivity index (χ1) is 10.0. The zero-order chi connectivity index (χ0) is 15.3. The lowest BCUT2D eigenvalue weighted by Gasteiger charge is -2.20. The molecule has 3 nitrogen and oxygen atoms in total. The number of hydrogen-bond donors (Lipinski definition) is 1. The van der Waals surface area contributed by atoms with E-state index in [4.69, 9.17) is 0 Å². The predicted molar refractivity (Wildman–Crippen MR) is 74.7 cm³/mol. The van der Waals surface area contributed by atoms with E-state index in [-0.39, 0.29) is 6.04 Å². The molecule has 21 heavy (non-hydrogen) atoms. The van der Waals surface area contributed by atoms with Gasteiger partial charge < -0.3 is 5.32 Å². The Balaban J connectivity index is 2.23. The second-order valence-electron chi connectivity index (χ2n) is 4.86. The minimum absolute atomic E-state index is 0.202. The molecule has 0 saturated carbocycles. The molecule has 0 aliphatic heterocycles. The van der Waals surface area contributed by atoms with Gasteiger partial charge in [0.15, 0.2) is 0 Å². The Bertz CT molecular complexity index is 550. The second kappa shape index (κ2) is 6.76. The highest BCUT2D eigenvalue weighted by atomic mass is 19.4. The van der Waals surface area contributed by atoms with E-state index in [2.05, 4.69) is 10.4 Å². The average Bonchev–Trinajstić information content (AvgIpc) is 2.95. The van der Waals surface area contributed by atoms with E-state index in [1.54, 1.807) is 29.2 Å². The van der Waals surface area contributed by atoms with Crippen LogP contribution < -0.4 is 5.32 Å². The third kappa shape index (κ3) is 4.32. The van der Waals surface area contributed by atoms with Gasteiger partial charge in [0.25, 0.3) is 0 Å². The van der Waals surface area contributed by atoms with Crippen LogP contribution in [0.1, 0.15) is 30.5 Å².